The molecule has 0 aromatic rings. The van der Waals surface area contributed by atoms with E-state index in [1.165, 1.54) is 0 Å². The van der Waals surface area contributed by atoms with Gasteiger partial charge in [0, 0.05) is 27.2 Å². The molecule has 0 atom stereocenters. The second-order valence-electron chi connectivity index (χ2n) is 3.57. The van der Waals surface area contributed by atoms with Gasteiger partial charge in [0.1, 0.15) is 0 Å². The van der Waals surface area contributed by atoms with E-state index in [1.807, 2.05) is 21.0 Å². The van der Waals surface area contributed by atoms with Gasteiger partial charge in [-0.1, -0.05) is 13.8 Å². The number of carbonyl (C=O) groups excluding carboxylic acids is 1. The molecule has 0 saturated heterocycles. The SMILES string of the molecule is CCN(C)C(=O)N(C)CC(C)C. The molecule has 0 aliphatic carbocycles. The molecule has 0 fully saturated rings. The smallest absolute Gasteiger partial charge is 0.319 e. The summed E-state index contributed by atoms with van der Waals surface area (Å²) in [5.74, 6) is 0.532. The van der Waals surface area contributed by atoms with E-state index >= 15 is 0 Å². The van der Waals surface area contributed by atoms with E-state index < -0.39 is 0 Å². The molecule has 0 saturated carbocycles. The number of urea groups is 1. The lowest BCUT2D eigenvalue weighted by Crippen LogP contribution is -2.40. The van der Waals surface area contributed by atoms with Gasteiger partial charge in [-0.3, -0.25) is 0 Å². The van der Waals surface area contributed by atoms with E-state index in [0.29, 0.717) is 5.92 Å². The molecule has 0 aliphatic rings. The molecular formula is C9H20N2O. The summed E-state index contributed by atoms with van der Waals surface area (Å²) in [5, 5.41) is 0. The van der Waals surface area contributed by atoms with Crippen molar-refractivity contribution in [1.82, 2.24) is 9.80 Å². The van der Waals surface area contributed by atoms with Crippen LogP contribution >= 0.6 is 0 Å². The summed E-state index contributed by atoms with van der Waals surface area (Å²) in [6, 6.07) is 0.103. The van der Waals surface area contributed by atoms with Gasteiger partial charge in [-0.25, -0.2) is 4.79 Å². The number of hydrogen-bond donors (Lipinski definition) is 0. The molecule has 12 heavy (non-hydrogen) atoms. The van der Waals surface area contributed by atoms with E-state index in [0.717, 1.165) is 13.1 Å². The highest BCUT2D eigenvalue weighted by Gasteiger charge is 2.12. The monoisotopic (exact) mass is 172 g/mol. The average Bonchev–Trinajstić information content (AvgIpc) is 2.00. The van der Waals surface area contributed by atoms with Gasteiger partial charge < -0.3 is 9.80 Å². The van der Waals surface area contributed by atoms with E-state index in [9.17, 15) is 4.79 Å². The highest BCUT2D eigenvalue weighted by atomic mass is 16.2. The Bertz CT molecular complexity index is 145. The first kappa shape index (κ1) is 11.3. The van der Waals surface area contributed by atoms with Gasteiger partial charge in [0.25, 0.3) is 0 Å². The lowest BCUT2D eigenvalue weighted by atomic mass is 10.2. The fourth-order valence-corrected chi connectivity index (χ4v) is 1.05. The maximum absolute atomic E-state index is 11.5. The molecule has 3 nitrogen and oxygen atoms in total. The van der Waals surface area contributed by atoms with Crippen LogP contribution in [0.25, 0.3) is 0 Å². The van der Waals surface area contributed by atoms with Crippen LogP contribution in [0.2, 0.25) is 0 Å². The average molecular weight is 172 g/mol. The molecule has 0 radical (unpaired) electrons. The highest BCUT2D eigenvalue weighted by molar-refractivity contribution is 5.73. The van der Waals surface area contributed by atoms with Crippen molar-refractivity contribution in [3.63, 3.8) is 0 Å². The standard InChI is InChI=1S/C9H20N2O/c1-6-10(4)9(12)11(5)7-8(2)3/h8H,6-7H2,1-5H3. The first-order chi connectivity index (χ1) is 5.49. The maximum atomic E-state index is 11.5. The Morgan fingerprint density at radius 2 is 1.75 bits per heavy atom. The summed E-state index contributed by atoms with van der Waals surface area (Å²) < 4.78 is 0. The van der Waals surface area contributed by atoms with Crippen molar-refractivity contribution in [1.29, 1.82) is 0 Å². The third-order valence-corrected chi connectivity index (χ3v) is 1.77. The predicted octanol–water partition coefficient (Wildman–Crippen LogP) is 1.65. The van der Waals surface area contributed by atoms with Crippen LogP contribution in [0.4, 0.5) is 4.79 Å². The second-order valence-corrected chi connectivity index (χ2v) is 3.57. The number of nitrogens with zero attached hydrogens (tertiary/aromatic N) is 2. The summed E-state index contributed by atoms with van der Waals surface area (Å²) in [5.41, 5.74) is 0. The van der Waals surface area contributed by atoms with Gasteiger partial charge in [0.2, 0.25) is 0 Å². The van der Waals surface area contributed by atoms with Crippen LogP contribution in [0.1, 0.15) is 20.8 Å². The summed E-state index contributed by atoms with van der Waals surface area (Å²) in [7, 11) is 3.66. The Kier molecular flexibility index (Phi) is 4.71. The number of rotatable bonds is 3. The molecule has 0 spiro atoms. The Labute approximate surface area is 75.3 Å². The number of hydrogen-bond acceptors (Lipinski definition) is 1. The van der Waals surface area contributed by atoms with E-state index in [1.54, 1.807) is 9.80 Å². The van der Waals surface area contributed by atoms with Gasteiger partial charge in [-0.2, -0.15) is 0 Å². The van der Waals surface area contributed by atoms with Crippen molar-refractivity contribution in [2.24, 2.45) is 5.92 Å². The Hall–Kier alpha value is -0.730. The van der Waals surface area contributed by atoms with E-state index in [4.69, 9.17) is 0 Å². The Morgan fingerprint density at radius 3 is 2.08 bits per heavy atom. The molecule has 0 bridgehead atoms. The predicted molar refractivity (Wildman–Crippen MR) is 51.2 cm³/mol. The lowest BCUT2D eigenvalue weighted by Gasteiger charge is -2.25. The zero-order valence-corrected chi connectivity index (χ0v) is 8.79. The van der Waals surface area contributed by atoms with Gasteiger partial charge in [0.05, 0.1) is 0 Å². The van der Waals surface area contributed by atoms with E-state index in [2.05, 4.69) is 13.8 Å². The third-order valence-electron chi connectivity index (χ3n) is 1.77. The van der Waals surface area contributed by atoms with Crippen molar-refractivity contribution in [2.45, 2.75) is 20.8 Å². The summed E-state index contributed by atoms with van der Waals surface area (Å²) in [6.07, 6.45) is 0. The normalized spacial score (nSPS) is 10.2. The summed E-state index contributed by atoms with van der Waals surface area (Å²) >= 11 is 0. The lowest BCUT2D eigenvalue weighted by molar-refractivity contribution is 0.170. The topological polar surface area (TPSA) is 23.6 Å². The van der Waals surface area contributed by atoms with Crippen LogP contribution in [0.15, 0.2) is 0 Å². The Morgan fingerprint density at radius 1 is 1.25 bits per heavy atom. The van der Waals surface area contributed by atoms with E-state index in [-0.39, 0.29) is 6.03 Å². The molecule has 0 aromatic carbocycles. The summed E-state index contributed by atoms with van der Waals surface area (Å²) in [6.45, 7) is 7.77. The van der Waals surface area contributed by atoms with Crippen molar-refractivity contribution >= 4 is 6.03 Å². The first-order valence-electron chi connectivity index (χ1n) is 4.45. The molecule has 0 rings (SSSR count). The maximum Gasteiger partial charge on any atom is 0.319 e. The van der Waals surface area contributed by atoms with Crippen molar-refractivity contribution in [2.75, 3.05) is 27.2 Å². The number of amides is 2. The zero-order valence-electron chi connectivity index (χ0n) is 8.79. The van der Waals surface area contributed by atoms with Gasteiger partial charge in [-0.05, 0) is 12.8 Å². The van der Waals surface area contributed by atoms with Crippen LogP contribution in [0.3, 0.4) is 0 Å². The van der Waals surface area contributed by atoms with Crippen LogP contribution in [0.5, 0.6) is 0 Å². The molecular weight excluding hydrogens is 152 g/mol. The van der Waals surface area contributed by atoms with Crippen LogP contribution < -0.4 is 0 Å². The minimum absolute atomic E-state index is 0.103. The van der Waals surface area contributed by atoms with Crippen molar-refractivity contribution in [3.8, 4) is 0 Å². The molecule has 0 unspecified atom stereocenters. The molecule has 0 N–H and O–H groups in total. The first-order valence-corrected chi connectivity index (χ1v) is 4.45. The van der Waals surface area contributed by atoms with Crippen LogP contribution in [0, 0.1) is 5.92 Å². The summed E-state index contributed by atoms with van der Waals surface area (Å²) in [4.78, 5) is 14.9. The van der Waals surface area contributed by atoms with Crippen molar-refractivity contribution < 1.29 is 4.79 Å². The quantitative estimate of drug-likeness (QED) is 0.635. The fraction of sp³-hybridized carbons (Fsp3) is 0.889. The van der Waals surface area contributed by atoms with Gasteiger partial charge >= 0.3 is 6.03 Å². The highest BCUT2D eigenvalue weighted by Crippen LogP contribution is 1.99. The molecule has 72 valence electrons. The van der Waals surface area contributed by atoms with Gasteiger partial charge in [-0.15, -0.1) is 0 Å². The largest absolute Gasteiger partial charge is 0.328 e. The molecule has 0 aromatic heterocycles. The number of carbonyl (C=O) groups is 1. The molecule has 2 amide bonds. The minimum Gasteiger partial charge on any atom is -0.328 e. The zero-order chi connectivity index (χ0) is 9.72. The second kappa shape index (κ2) is 5.01. The van der Waals surface area contributed by atoms with Crippen LogP contribution in [-0.4, -0.2) is 43.0 Å². The molecule has 0 aliphatic heterocycles. The van der Waals surface area contributed by atoms with Gasteiger partial charge in [0.15, 0.2) is 0 Å². The molecule has 3 heteroatoms. The Balaban J connectivity index is 3.92. The third kappa shape index (κ3) is 3.60. The minimum atomic E-state index is 0.103. The van der Waals surface area contributed by atoms with Crippen molar-refractivity contribution in [3.05, 3.63) is 0 Å². The fourth-order valence-electron chi connectivity index (χ4n) is 1.05. The molecule has 0 heterocycles. The van der Waals surface area contributed by atoms with Crippen LogP contribution in [-0.2, 0) is 0 Å².